The summed E-state index contributed by atoms with van der Waals surface area (Å²) >= 11 is 0. The molecule has 0 aliphatic carbocycles. The number of aliphatic carboxylic acids is 1. The van der Waals surface area contributed by atoms with Gasteiger partial charge in [0.15, 0.2) is 0 Å². The molecule has 0 aliphatic rings. The molecule has 0 spiro atoms. The van der Waals surface area contributed by atoms with Crippen molar-refractivity contribution in [3.8, 4) is 0 Å². The molecule has 0 fully saturated rings. The van der Waals surface area contributed by atoms with Gasteiger partial charge in [-0.3, -0.25) is 4.79 Å². The molecule has 3 heteroatoms. The van der Waals surface area contributed by atoms with Crippen LogP contribution < -0.4 is 0 Å². The average Bonchev–Trinajstić information content (AvgIpc) is 2.11. The number of allylic oxidation sites excluding steroid dienone is 1. The lowest BCUT2D eigenvalue weighted by Gasteiger charge is -2.34. The summed E-state index contributed by atoms with van der Waals surface area (Å²) in [6, 6.07) is 0. The molecular weight excluding hydrogens is 216 g/mol. The third kappa shape index (κ3) is 4.12. The monoisotopic (exact) mass is 242 g/mol. The zero-order chi connectivity index (χ0) is 13.1. The maximum absolute atomic E-state index is 10.8. The maximum Gasteiger partial charge on any atom is 0.306 e. The molecule has 0 bridgehead atoms. The van der Waals surface area contributed by atoms with Crippen molar-refractivity contribution in [2.24, 2.45) is 11.8 Å². The molecule has 94 valence electrons. The topological polar surface area (TPSA) is 37.3 Å². The van der Waals surface area contributed by atoms with Gasteiger partial charge in [0.1, 0.15) is 0 Å². The fraction of sp³-hybridized carbons (Fsp3) is 0.769. The van der Waals surface area contributed by atoms with Crippen molar-refractivity contribution < 1.29 is 9.90 Å². The van der Waals surface area contributed by atoms with E-state index in [1.54, 1.807) is 6.92 Å². The summed E-state index contributed by atoms with van der Waals surface area (Å²) in [7, 11) is -1.42. The number of hydrogen-bond acceptors (Lipinski definition) is 1. The van der Waals surface area contributed by atoms with Gasteiger partial charge in [0, 0.05) is 0 Å². The van der Waals surface area contributed by atoms with Crippen LogP contribution in [0.4, 0.5) is 0 Å². The molecule has 0 aromatic carbocycles. The van der Waals surface area contributed by atoms with Crippen molar-refractivity contribution in [2.75, 3.05) is 0 Å². The number of hydrogen-bond donors (Lipinski definition) is 1. The van der Waals surface area contributed by atoms with Crippen LogP contribution in [0.3, 0.4) is 0 Å². The van der Waals surface area contributed by atoms with Gasteiger partial charge < -0.3 is 5.11 Å². The van der Waals surface area contributed by atoms with Crippen LogP contribution in [0.15, 0.2) is 11.8 Å². The highest BCUT2D eigenvalue weighted by molar-refractivity contribution is 6.84. The summed E-state index contributed by atoms with van der Waals surface area (Å²) in [6.45, 7) is 15.2. The summed E-state index contributed by atoms with van der Waals surface area (Å²) < 4.78 is 0. The van der Waals surface area contributed by atoms with Gasteiger partial charge in [-0.15, -0.1) is 0 Å². The Labute approximate surface area is 101 Å². The van der Waals surface area contributed by atoms with Gasteiger partial charge in [0.05, 0.1) is 14.0 Å². The minimum absolute atomic E-state index is 0.103. The van der Waals surface area contributed by atoms with Gasteiger partial charge in [0.25, 0.3) is 0 Å². The van der Waals surface area contributed by atoms with Gasteiger partial charge >= 0.3 is 5.97 Å². The van der Waals surface area contributed by atoms with Crippen LogP contribution in [0, 0.1) is 11.8 Å². The van der Waals surface area contributed by atoms with E-state index in [4.69, 9.17) is 5.11 Å². The van der Waals surface area contributed by atoms with E-state index in [0.29, 0.717) is 5.04 Å². The van der Waals surface area contributed by atoms with Crippen molar-refractivity contribution in [3.63, 3.8) is 0 Å². The van der Waals surface area contributed by atoms with Crippen LogP contribution in [-0.2, 0) is 4.79 Å². The van der Waals surface area contributed by atoms with Crippen molar-refractivity contribution in [2.45, 2.75) is 52.8 Å². The standard InChI is InChI=1S/C13H26O2Si/c1-10(11(2)12(14)15)8-9-16(6,7)13(3,4)5/h8-11H,1-7H3,(H,14,15)/b9-8+/t10-,11-/m1/s1. The minimum atomic E-state index is -1.42. The van der Waals surface area contributed by atoms with E-state index in [0.717, 1.165) is 0 Å². The van der Waals surface area contributed by atoms with Gasteiger partial charge in [-0.25, -0.2) is 0 Å². The van der Waals surface area contributed by atoms with Crippen molar-refractivity contribution >= 4 is 14.0 Å². The van der Waals surface area contributed by atoms with Crippen LogP contribution in [0.1, 0.15) is 34.6 Å². The van der Waals surface area contributed by atoms with Crippen molar-refractivity contribution in [3.05, 3.63) is 11.8 Å². The number of carboxylic acids is 1. The first-order valence-corrected chi connectivity index (χ1v) is 8.99. The van der Waals surface area contributed by atoms with Crippen molar-refractivity contribution in [1.29, 1.82) is 0 Å². The van der Waals surface area contributed by atoms with Crippen LogP contribution in [0.5, 0.6) is 0 Å². The molecule has 0 saturated heterocycles. The second kappa shape index (κ2) is 5.17. The van der Waals surface area contributed by atoms with E-state index in [-0.39, 0.29) is 11.8 Å². The molecule has 0 amide bonds. The first-order valence-electron chi connectivity index (χ1n) is 5.91. The Bertz CT molecular complexity index is 274. The summed E-state index contributed by atoms with van der Waals surface area (Å²) in [6.07, 6.45) is 2.09. The van der Waals surface area contributed by atoms with Gasteiger partial charge in [-0.05, 0) is 11.0 Å². The minimum Gasteiger partial charge on any atom is -0.481 e. The molecule has 0 radical (unpaired) electrons. The van der Waals surface area contributed by atoms with E-state index < -0.39 is 14.0 Å². The predicted octanol–water partition coefficient (Wildman–Crippen LogP) is 3.95. The Morgan fingerprint density at radius 1 is 1.25 bits per heavy atom. The lowest BCUT2D eigenvalue weighted by atomic mass is 9.97. The number of rotatable bonds is 4. The highest BCUT2D eigenvalue weighted by Gasteiger charge is 2.32. The van der Waals surface area contributed by atoms with E-state index in [2.05, 4.69) is 45.6 Å². The maximum atomic E-state index is 10.8. The molecule has 0 aromatic rings. The fourth-order valence-corrected chi connectivity index (χ4v) is 2.32. The predicted molar refractivity (Wildman–Crippen MR) is 72.3 cm³/mol. The molecule has 0 aromatic heterocycles. The van der Waals surface area contributed by atoms with Crippen LogP contribution in [0.25, 0.3) is 0 Å². The average molecular weight is 242 g/mol. The smallest absolute Gasteiger partial charge is 0.306 e. The molecular formula is C13H26O2Si. The molecule has 1 N–H and O–H groups in total. The Morgan fingerprint density at radius 2 is 1.69 bits per heavy atom. The summed E-state index contributed by atoms with van der Waals surface area (Å²) in [5, 5.41) is 9.23. The lowest BCUT2D eigenvalue weighted by molar-refractivity contribution is -0.142. The van der Waals surface area contributed by atoms with E-state index in [9.17, 15) is 4.79 Å². The highest BCUT2D eigenvalue weighted by Crippen LogP contribution is 2.37. The summed E-state index contributed by atoms with van der Waals surface area (Å²) in [5.74, 6) is -0.917. The molecule has 2 nitrogen and oxygen atoms in total. The molecule has 0 rings (SSSR count). The van der Waals surface area contributed by atoms with Crippen LogP contribution >= 0.6 is 0 Å². The Hall–Kier alpha value is -0.573. The van der Waals surface area contributed by atoms with Crippen LogP contribution in [-0.4, -0.2) is 19.1 Å². The molecule has 0 aliphatic heterocycles. The van der Waals surface area contributed by atoms with Gasteiger partial charge in [-0.1, -0.05) is 59.5 Å². The molecule has 16 heavy (non-hydrogen) atoms. The first-order chi connectivity index (χ1) is 6.99. The van der Waals surface area contributed by atoms with E-state index in [1.165, 1.54) is 0 Å². The number of carboxylic acid groups (broad SMARTS) is 1. The fourth-order valence-electron chi connectivity index (χ4n) is 1.03. The Morgan fingerprint density at radius 3 is 2.00 bits per heavy atom. The molecule has 2 atom stereocenters. The lowest BCUT2D eigenvalue weighted by Crippen LogP contribution is -2.35. The normalized spacial score (nSPS) is 17.4. The zero-order valence-electron chi connectivity index (χ0n) is 11.7. The summed E-state index contributed by atoms with van der Waals surface area (Å²) in [4.78, 5) is 10.8. The SMILES string of the molecule is C[C@H](/C=C/[Si](C)(C)C(C)(C)C)[C@@H](C)C(=O)O. The summed E-state index contributed by atoms with van der Waals surface area (Å²) in [5.41, 5.74) is 2.29. The second-order valence-corrected chi connectivity index (χ2v) is 11.6. The quantitative estimate of drug-likeness (QED) is 0.758. The highest BCUT2D eigenvalue weighted by atomic mass is 28.3. The van der Waals surface area contributed by atoms with Crippen molar-refractivity contribution in [1.82, 2.24) is 0 Å². The molecule has 0 heterocycles. The molecule has 0 unspecified atom stereocenters. The Balaban J connectivity index is 4.67. The van der Waals surface area contributed by atoms with E-state index in [1.807, 2.05) is 6.92 Å². The second-order valence-electron chi connectivity index (χ2n) is 6.32. The Kier molecular flexibility index (Phi) is 4.99. The number of carbonyl (C=O) groups is 1. The third-order valence-corrected chi connectivity index (χ3v) is 8.82. The molecule has 0 saturated carbocycles. The van der Waals surface area contributed by atoms with Gasteiger partial charge in [-0.2, -0.15) is 0 Å². The van der Waals surface area contributed by atoms with Gasteiger partial charge in [0.2, 0.25) is 0 Å². The van der Waals surface area contributed by atoms with Crippen LogP contribution in [0.2, 0.25) is 18.1 Å². The third-order valence-electron chi connectivity index (χ3n) is 3.93. The largest absolute Gasteiger partial charge is 0.481 e. The first kappa shape index (κ1) is 15.4. The van der Waals surface area contributed by atoms with E-state index >= 15 is 0 Å². The zero-order valence-corrected chi connectivity index (χ0v) is 12.7.